The van der Waals surface area contributed by atoms with Crippen LogP contribution in [0, 0.1) is 5.92 Å². The van der Waals surface area contributed by atoms with Gasteiger partial charge >= 0.3 is 0 Å². The van der Waals surface area contributed by atoms with Gasteiger partial charge in [-0.3, -0.25) is 19.7 Å². The Balaban J connectivity index is 1.54. The fourth-order valence-corrected chi connectivity index (χ4v) is 2.64. The number of likely N-dealkylation sites (tertiary alicyclic amines) is 1. The Kier molecular flexibility index (Phi) is 4.14. The van der Waals surface area contributed by atoms with Gasteiger partial charge in [-0.25, -0.2) is 4.98 Å². The minimum atomic E-state index is -0.0268. The van der Waals surface area contributed by atoms with E-state index in [4.69, 9.17) is 0 Å². The average Bonchev–Trinajstić information content (AvgIpc) is 2.57. The normalized spacial score (nSPS) is 15.9. The predicted octanol–water partition coefficient (Wildman–Crippen LogP) is 1.36. The number of hydrogen-bond acceptors (Lipinski definition) is 5. The zero-order valence-electron chi connectivity index (χ0n) is 11.7. The summed E-state index contributed by atoms with van der Waals surface area (Å²) in [6, 6.07) is 0. The highest BCUT2D eigenvalue weighted by Gasteiger charge is 2.24. The van der Waals surface area contributed by atoms with Gasteiger partial charge in [0.25, 0.3) is 5.91 Å². The lowest BCUT2D eigenvalue weighted by atomic mass is 9.92. The van der Waals surface area contributed by atoms with Crippen LogP contribution in [0.1, 0.15) is 29.0 Å². The molecule has 2 aromatic heterocycles. The quantitative estimate of drug-likeness (QED) is 0.850. The van der Waals surface area contributed by atoms with Crippen LogP contribution in [0.25, 0.3) is 0 Å². The van der Waals surface area contributed by atoms with Gasteiger partial charge in [0.2, 0.25) is 0 Å². The number of hydrogen-bond donors (Lipinski definition) is 0. The Morgan fingerprint density at radius 1 is 1.05 bits per heavy atom. The Morgan fingerprint density at radius 3 is 2.38 bits per heavy atom. The van der Waals surface area contributed by atoms with E-state index >= 15 is 0 Å². The molecule has 1 aliphatic rings. The van der Waals surface area contributed by atoms with Crippen molar-refractivity contribution < 1.29 is 4.79 Å². The van der Waals surface area contributed by atoms with Crippen molar-refractivity contribution in [1.82, 2.24) is 24.8 Å². The molecular formula is C15H17N5O. The van der Waals surface area contributed by atoms with Crippen molar-refractivity contribution in [3.63, 3.8) is 0 Å². The summed E-state index contributed by atoms with van der Waals surface area (Å²) in [5.74, 6) is 0.536. The van der Waals surface area contributed by atoms with Crippen LogP contribution in [-0.2, 0) is 6.42 Å². The fourth-order valence-electron chi connectivity index (χ4n) is 2.64. The molecule has 0 unspecified atom stereocenters. The van der Waals surface area contributed by atoms with E-state index in [1.807, 2.05) is 11.1 Å². The third kappa shape index (κ3) is 3.39. The van der Waals surface area contributed by atoms with Gasteiger partial charge in [-0.2, -0.15) is 0 Å². The molecule has 1 amide bonds. The SMILES string of the molecule is O=C(c1cnccn1)N1CCC(Cc2cnccn2)CC1. The zero-order chi connectivity index (χ0) is 14.5. The molecule has 0 aliphatic carbocycles. The molecule has 0 atom stereocenters. The van der Waals surface area contributed by atoms with Gasteiger partial charge in [0, 0.05) is 44.1 Å². The van der Waals surface area contributed by atoms with Crippen LogP contribution >= 0.6 is 0 Å². The average molecular weight is 283 g/mol. The third-order valence-electron chi connectivity index (χ3n) is 3.80. The summed E-state index contributed by atoms with van der Waals surface area (Å²) in [4.78, 5) is 30.5. The van der Waals surface area contributed by atoms with Gasteiger partial charge in [0.05, 0.1) is 11.9 Å². The molecule has 1 fully saturated rings. The van der Waals surface area contributed by atoms with E-state index < -0.39 is 0 Å². The van der Waals surface area contributed by atoms with Gasteiger partial charge in [-0.1, -0.05) is 0 Å². The van der Waals surface area contributed by atoms with Gasteiger partial charge < -0.3 is 4.90 Å². The van der Waals surface area contributed by atoms with E-state index in [2.05, 4.69) is 19.9 Å². The summed E-state index contributed by atoms with van der Waals surface area (Å²) >= 11 is 0. The summed E-state index contributed by atoms with van der Waals surface area (Å²) in [7, 11) is 0. The van der Waals surface area contributed by atoms with Gasteiger partial charge in [0.1, 0.15) is 5.69 Å². The lowest BCUT2D eigenvalue weighted by molar-refractivity contribution is 0.0683. The van der Waals surface area contributed by atoms with Gasteiger partial charge in [0.15, 0.2) is 0 Å². The lowest BCUT2D eigenvalue weighted by Gasteiger charge is -2.31. The molecule has 0 aromatic carbocycles. The first-order valence-electron chi connectivity index (χ1n) is 7.13. The molecular weight excluding hydrogens is 266 g/mol. The Hall–Kier alpha value is -2.37. The van der Waals surface area contributed by atoms with E-state index in [1.165, 1.54) is 6.20 Å². The van der Waals surface area contributed by atoms with Crippen molar-refractivity contribution in [1.29, 1.82) is 0 Å². The first kappa shape index (κ1) is 13.6. The molecule has 0 spiro atoms. The molecule has 3 heterocycles. The molecule has 1 aliphatic heterocycles. The zero-order valence-corrected chi connectivity index (χ0v) is 11.7. The van der Waals surface area contributed by atoms with Gasteiger partial charge in [-0.05, 0) is 25.2 Å². The highest BCUT2D eigenvalue weighted by Crippen LogP contribution is 2.21. The summed E-state index contributed by atoms with van der Waals surface area (Å²) in [6.45, 7) is 1.53. The molecule has 108 valence electrons. The van der Waals surface area contributed by atoms with Gasteiger partial charge in [-0.15, -0.1) is 0 Å². The molecule has 0 N–H and O–H groups in total. The van der Waals surface area contributed by atoms with E-state index in [-0.39, 0.29) is 5.91 Å². The second-order valence-electron chi connectivity index (χ2n) is 5.23. The smallest absolute Gasteiger partial charge is 0.274 e. The second kappa shape index (κ2) is 6.39. The van der Waals surface area contributed by atoms with Crippen LogP contribution in [0.15, 0.2) is 37.2 Å². The summed E-state index contributed by atoms with van der Waals surface area (Å²) in [6.07, 6.45) is 12.8. The Labute approximate surface area is 123 Å². The van der Waals surface area contributed by atoms with Crippen molar-refractivity contribution in [3.05, 3.63) is 48.6 Å². The van der Waals surface area contributed by atoms with Crippen molar-refractivity contribution in [2.24, 2.45) is 5.92 Å². The molecule has 6 nitrogen and oxygen atoms in total. The van der Waals surface area contributed by atoms with Crippen molar-refractivity contribution >= 4 is 5.91 Å². The summed E-state index contributed by atoms with van der Waals surface area (Å²) in [5.41, 5.74) is 1.45. The first-order chi connectivity index (χ1) is 10.3. The number of amides is 1. The van der Waals surface area contributed by atoms with Crippen LogP contribution in [-0.4, -0.2) is 43.8 Å². The van der Waals surface area contributed by atoms with Crippen LogP contribution in [0.4, 0.5) is 0 Å². The lowest BCUT2D eigenvalue weighted by Crippen LogP contribution is -2.39. The van der Waals surface area contributed by atoms with Crippen molar-refractivity contribution in [2.75, 3.05) is 13.1 Å². The standard InChI is InChI=1S/C15H17N5O/c21-15(14-11-17-4-6-19-14)20-7-1-12(2-8-20)9-13-10-16-3-5-18-13/h3-6,10-12H,1-2,7-9H2. The number of carbonyl (C=O) groups excluding carboxylic acids is 1. The second-order valence-corrected chi connectivity index (χ2v) is 5.23. The molecule has 0 saturated carbocycles. The maximum atomic E-state index is 12.3. The highest BCUT2D eigenvalue weighted by atomic mass is 16.2. The maximum absolute atomic E-state index is 12.3. The highest BCUT2D eigenvalue weighted by molar-refractivity contribution is 5.91. The predicted molar refractivity (Wildman–Crippen MR) is 76.4 cm³/mol. The fraction of sp³-hybridized carbons (Fsp3) is 0.400. The van der Waals surface area contributed by atoms with Crippen LogP contribution in [0.2, 0.25) is 0 Å². The first-order valence-corrected chi connectivity index (χ1v) is 7.13. The number of rotatable bonds is 3. The van der Waals surface area contributed by atoms with Crippen molar-refractivity contribution in [3.8, 4) is 0 Å². The number of aromatic nitrogens is 4. The van der Waals surface area contributed by atoms with Crippen LogP contribution in [0.3, 0.4) is 0 Å². The maximum Gasteiger partial charge on any atom is 0.274 e. The minimum Gasteiger partial charge on any atom is -0.337 e. The Morgan fingerprint density at radius 2 is 1.76 bits per heavy atom. The molecule has 2 aromatic rings. The van der Waals surface area contributed by atoms with E-state index in [0.717, 1.165) is 38.0 Å². The molecule has 1 saturated heterocycles. The number of piperidine rings is 1. The van der Waals surface area contributed by atoms with E-state index in [9.17, 15) is 4.79 Å². The third-order valence-corrected chi connectivity index (χ3v) is 3.80. The summed E-state index contributed by atoms with van der Waals surface area (Å²) < 4.78 is 0. The van der Waals surface area contributed by atoms with Crippen molar-refractivity contribution in [2.45, 2.75) is 19.3 Å². The summed E-state index contributed by atoms with van der Waals surface area (Å²) in [5, 5.41) is 0. The molecule has 3 rings (SSSR count). The van der Waals surface area contributed by atoms with E-state index in [0.29, 0.717) is 11.6 Å². The minimum absolute atomic E-state index is 0.0268. The van der Waals surface area contributed by atoms with E-state index in [1.54, 1.807) is 24.8 Å². The molecule has 0 bridgehead atoms. The topological polar surface area (TPSA) is 71.9 Å². The molecule has 0 radical (unpaired) electrons. The number of carbonyl (C=O) groups is 1. The Bertz CT molecular complexity index is 582. The molecule has 21 heavy (non-hydrogen) atoms. The number of nitrogens with zero attached hydrogens (tertiary/aromatic N) is 5. The van der Waals surface area contributed by atoms with Crippen LogP contribution < -0.4 is 0 Å². The monoisotopic (exact) mass is 283 g/mol. The van der Waals surface area contributed by atoms with Crippen LogP contribution in [0.5, 0.6) is 0 Å². The largest absolute Gasteiger partial charge is 0.337 e. The molecule has 6 heteroatoms.